The van der Waals surface area contributed by atoms with Crippen LogP contribution in [0.15, 0.2) is 94.9 Å². The monoisotopic (exact) mass is 1390 g/mol. The number of hydrogen-bond acceptors (Lipinski definition) is 19. The van der Waals surface area contributed by atoms with Crippen LogP contribution in [-0.4, -0.2) is 147 Å². The van der Waals surface area contributed by atoms with Crippen LogP contribution in [0, 0.1) is 123 Å². The molecule has 20 heteroatoms. The maximum atomic E-state index is 16.9. The molecule has 2 saturated heterocycles. The Morgan fingerprint density at radius 3 is 2.42 bits per heavy atom. The number of nitrogens with two attached hydrogens (primary N) is 1. The predicted octanol–water partition coefficient (Wildman–Crippen LogP) is 7.52. The molecule has 14 N–H and O–H groups in total. The molecule has 0 amide bonds. The van der Waals surface area contributed by atoms with E-state index < -0.39 is 165 Å². The highest BCUT2D eigenvalue weighted by atomic mass is 33.1. The van der Waals surface area contributed by atoms with Gasteiger partial charge in [0.25, 0.3) is 0 Å². The molecule has 3 aromatic rings. The molecule has 2 spiro atoms. The SMILES string of the molecule is CCC1OC(=O)C(c2cc[nH]c2)C1C1C#CCC2CC3(O)C4=C5NC(CO)C(=O)CC(c6ccc(O)cc6)CSSCC6C(O)C(O)CC(C)(C4C4CC7C#Cc8ccccc8CN=C(N)NCC7C3(C4)C2C(C)(O)C2(O)CCC3(C1)C1CC(C)CCC1=CCC3C(C(O)O)C2)C6C5=O. The first-order valence-corrected chi connectivity index (χ1v) is 39.1. The Balaban J connectivity index is 0.993. The molecule has 2 aromatic carbocycles. The number of rotatable bonds is 6. The molecule has 8 fully saturated rings. The summed E-state index contributed by atoms with van der Waals surface area (Å²) in [5.41, 5.74) is 1.71. The van der Waals surface area contributed by atoms with Gasteiger partial charge in [-0.15, -0.1) is 5.92 Å². The van der Waals surface area contributed by atoms with E-state index in [1.807, 2.05) is 56.6 Å². The van der Waals surface area contributed by atoms with Crippen molar-refractivity contribution >= 4 is 45.1 Å². The van der Waals surface area contributed by atoms with Crippen LogP contribution in [0.2, 0.25) is 0 Å². The van der Waals surface area contributed by atoms with Crippen molar-refractivity contribution in [3.8, 4) is 29.4 Å². The maximum absolute atomic E-state index is 16.9. The average Bonchev–Trinajstić information content (AvgIpc) is 1.61. The first-order chi connectivity index (χ1) is 47.4. The van der Waals surface area contributed by atoms with E-state index in [0.29, 0.717) is 49.3 Å². The number of esters is 1. The van der Waals surface area contributed by atoms with Gasteiger partial charge in [-0.25, -0.2) is 4.99 Å². The van der Waals surface area contributed by atoms with E-state index in [2.05, 4.69) is 52.3 Å². The minimum absolute atomic E-state index is 0.0237. The van der Waals surface area contributed by atoms with Gasteiger partial charge in [0.2, 0.25) is 0 Å². The predicted molar refractivity (Wildman–Crippen MR) is 376 cm³/mol. The highest BCUT2D eigenvalue weighted by Gasteiger charge is 2.81. The number of aliphatic hydroxyl groups excluding tert-OH is 4. The molecule has 99 heavy (non-hydrogen) atoms. The van der Waals surface area contributed by atoms with Gasteiger partial charge in [-0.3, -0.25) is 14.4 Å². The molecule has 6 bridgehead atoms. The van der Waals surface area contributed by atoms with Crippen molar-refractivity contribution in [3.05, 3.63) is 112 Å². The standard InChI is InChI=1S/C79H99N5O13S2/c1-5-61-62(63(72(93)97-61)49-23-26-81-35-49)46-11-8-12-47-32-79(96)66-64(74(3)34-60(88)68(89)54-40-99-98-39-51(43-17-20-52(86)21-18-43)29-59(87)58(38-85)84-67(66)69(90)65(54)74)50-28-45-16-15-42-9-6-7-10-48(42)36-82-73(80)83-37-57(45)78(79,31-50)70(47)75(4,94)77(95)25-24-76(30-46)55(53(33-77)71(91)92)22-19-44-14-13-41(2)27-56(44)76/h6-7,9-10,17-21,23,26,35,41,45-47,50-51,53-58,60-65,68,70-71,81,84-86,88-89,91-92,94-96H,5,12-14,22,24-25,27-34,36-40H2,1-4H3,(H3,80,82,83). The van der Waals surface area contributed by atoms with Crippen LogP contribution >= 0.6 is 21.6 Å². The van der Waals surface area contributed by atoms with Crippen LogP contribution in [0.5, 0.6) is 5.75 Å². The molecule has 3 aliphatic heterocycles. The van der Waals surface area contributed by atoms with Crippen molar-refractivity contribution in [2.75, 3.05) is 24.7 Å². The summed E-state index contributed by atoms with van der Waals surface area (Å²) >= 11 is 0. The second kappa shape index (κ2) is 26.0. The summed E-state index contributed by atoms with van der Waals surface area (Å²) in [7, 11) is 2.96. The number of cyclic esters (lactones) is 1. The third kappa shape index (κ3) is 11.0. The smallest absolute Gasteiger partial charge is 0.314 e. The summed E-state index contributed by atoms with van der Waals surface area (Å²) in [6.07, 6.45) is 5.63. The molecule has 9 aliphatic carbocycles. The zero-order valence-electron chi connectivity index (χ0n) is 57.2. The van der Waals surface area contributed by atoms with Gasteiger partial charge in [0.15, 0.2) is 23.8 Å². The number of phenolic OH excluding ortho intramolecular Hbond substituents is 1. The Labute approximate surface area is 588 Å². The number of Topliss-reactive ketones (excluding diaryl/α,β-unsaturated/α-hetero) is 2. The molecule has 4 heterocycles. The molecule has 15 rings (SSSR count). The van der Waals surface area contributed by atoms with Crippen molar-refractivity contribution in [2.45, 2.75) is 190 Å². The quantitative estimate of drug-likeness (QED) is 0.0373. The fourth-order valence-corrected chi connectivity index (χ4v) is 26.8. The number of allylic oxidation sites excluding steroid dienone is 3. The van der Waals surface area contributed by atoms with Gasteiger partial charge in [-0.1, -0.05) is 102 Å². The Morgan fingerprint density at radius 2 is 1.67 bits per heavy atom. The number of benzene rings is 2. The van der Waals surface area contributed by atoms with Gasteiger partial charge in [0.1, 0.15) is 17.9 Å². The number of hydrogen-bond donors (Lipinski definition) is 13. The molecule has 1 aromatic heterocycles. The number of carbonyl (C=O) groups is 3. The molecule has 18 nitrogen and oxygen atoms in total. The lowest BCUT2D eigenvalue weighted by Gasteiger charge is -2.70. The largest absolute Gasteiger partial charge is 0.508 e. The second-order valence-corrected chi connectivity index (χ2v) is 35.4. The zero-order valence-corrected chi connectivity index (χ0v) is 58.8. The highest BCUT2D eigenvalue weighted by Crippen LogP contribution is 2.79. The van der Waals surface area contributed by atoms with Gasteiger partial charge < -0.3 is 72.0 Å². The lowest BCUT2D eigenvalue weighted by atomic mass is 9.35. The molecule has 26 unspecified atom stereocenters. The third-order valence-corrected chi connectivity index (χ3v) is 30.7. The van der Waals surface area contributed by atoms with E-state index in [1.165, 1.54) is 27.2 Å². The zero-order chi connectivity index (χ0) is 69.5. The van der Waals surface area contributed by atoms with Crippen molar-refractivity contribution in [1.82, 2.24) is 15.6 Å². The summed E-state index contributed by atoms with van der Waals surface area (Å²) in [4.78, 5) is 55.0. The Morgan fingerprint density at radius 1 is 0.879 bits per heavy atom. The van der Waals surface area contributed by atoms with Crippen LogP contribution in [0.25, 0.3) is 0 Å². The second-order valence-electron chi connectivity index (χ2n) is 32.9. The summed E-state index contributed by atoms with van der Waals surface area (Å²) in [6, 6.07) is 15.0. The van der Waals surface area contributed by atoms with Crippen LogP contribution < -0.4 is 16.4 Å². The Bertz CT molecular complexity index is 3870. The van der Waals surface area contributed by atoms with Crippen molar-refractivity contribution in [2.24, 2.45) is 110 Å². The van der Waals surface area contributed by atoms with Crippen LogP contribution in [-0.2, 0) is 25.7 Å². The number of aromatic nitrogens is 1. The number of aromatic amines is 1. The summed E-state index contributed by atoms with van der Waals surface area (Å²) < 4.78 is 6.44. The fraction of sp³-hybridized carbons (Fsp3) is 0.646. The first-order valence-electron chi connectivity index (χ1n) is 36.7. The highest BCUT2D eigenvalue weighted by molar-refractivity contribution is 8.76. The van der Waals surface area contributed by atoms with Crippen LogP contribution in [0.1, 0.15) is 158 Å². The van der Waals surface area contributed by atoms with E-state index >= 15 is 19.8 Å². The van der Waals surface area contributed by atoms with Crippen molar-refractivity contribution in [3.63, 3.8) is 0 Å². The van der Waals surface area contributed by atoms with E-state index in [4.69, 9.17) is 15.5 Å². The van der Waals surface area contributed by atoms with Gasteiger partial charge >= 0.3 is 5.97 Å². The first kappa shape index (κ1) is 69.1. The van der Waals surface area contributed by atoms with Crippen LogP contribution in [0.3, 0.4) is 0 Å². The number of aliphatic imine (C=N–C) groups is 1. The normalized spacial score (nSPS) is 44.8. The molecule has 12 aliphatic rings. The minimum Gasteiger partial charge on any atom is -0.508 e. The van der Waals surface area contributed by atoms with Crippen molar-refractivity contribution in [1.29, 1.82) is 0 Å². The number of ether oxygens (including phenoxy) is 1. The number of nitrogens with one attached hydrogen (secondary N) is 3. The molecular weight excluding hydrogens is 1290 g/mol. The van der Waals surface area contributed by atoms with Gasteiger partial charge in [0, 0.05) is 102 Å². The molecule has 6 saturated carbocycles. The number of guanidine groups is 1. The number of fused-ring (bicyclic) bond motifs is 12. The number of ketones is 2. The molecule has 26 atom stereocenters. The topological polar surface area (TPSA) is 321 Å². The fourth-order valence-electron chi connectivity index (χ4n) is 24.1. The number of nitrogens with zero attached hydrogens (tertiary/aromatic N) is 1. The summed E-state index contributed by atoms with van der Waals surface area (Å²) in [6.45, 7) is 7.56. The van der Waals surface area contributed by atoms with E-state index in [1.54, 1.807) is 31.2 Å². The molecule has 530 valence electrons. The third-order valence-electron chi connectivity index (χ3n) is 28.2. The summed E-state index contributed by atoms with van der Waals surface area (Å²) in [5.74, 6) is 5.26. The average molecular weight is 1390 g/mol. The number of carbonyl (C=O) groups excluding carboxylic acids is 3. The lowest BCUT2D eigenvalue weighted by molar-refractivity contribution is -0.260. The minimum atomic E-state index is -2.21. The number of aromatic hydroxyl groups is 1. The number of H-pyrrole nitrogens is 1. The Hall–Kier alpha value is -5.62. The lowest BCUT2D eigenvalue weighted by Crippen LogP contribution is -2.74. The number of aliphatic hydroxyl groups is 8. The van der Waals surface area contributed by atoms with E-state index in [-0.39, 0.29) is 93.1 Å². The van der Waals surface area contributed by atoms with Gasteiger partial charge in [0.05, 0.1) is 53.8 Å². The van der Waals surface area contributed by atoms with Gasteiger partial charge in [-0.05, 0) is 189 Å². The van der Waals surface area contributed by atoms with Crippen molar-refractivity contribution < 1.29 is 65.1 Å². The van der Waals surface area contributed by atoms with E-state index in [9.17, 15) is 40.5 Å². The molecular formula is C79H99N5O13S2. The van der Waals surface area contributed by atoms with Gasteiger partial charge in [-0.2, -0.15) is 0 Å². The van der Waals surface area contributed by atoms with Crippen LogP contribution in [0.4, 0.5) is 0 Å². The molecule has 0 radical (unpaired) electrons. The Kier molecular flexibility index (Phi) is 18.1. The number of phenols is 1. The maximum Gasteiger partial charge on any atom is 0.314 e. The van der Waals surface area contributed by atoms with E-state index in [0.717, 1.165) is 41.5 Å². The summed E-state index contributed by atoms with van der Waals surface area (Å²) in [5, 5.41) is 125.